The molecule has 2 N–H and O–H groups in total. The summed E-state index contributed by atoms with van der Waals surface area (Å²) in [4.78, 5) is 0. The fraction of sp³-hybridized carbons (Fsp3) is 0.875. The molecule has 0 aromatic rings. The van der Waals surface area contributed by atoms with Gasteiger partial charge in [-0.05, 0) is 55.6 Å². The third kappa shape index (κ3) is 6.51. The highest BCUT2D eigenvalue weighted by atomic mass is 15.2. The molecule has 0 spiro atoms. The van der Waals surface area contributed by atoms with Gasteiger partial charge in [0.1, 0.15) is 0 Å². The zero-order valence-electron chi connectivity index (χ0n) is 15.2. The number of hydrogen-bond acceptors (Lipinski definition) is 6. The first-order valence-electron chi connectivity index (χ1n) is 7.51. The van der Waals surface area contributed by atoms with Crippen LogP contribution in [-0.2, 0) is 0 Å². The van der Waals surface area contributed by atoms with Crippen molar-refractivity contribution in [3.05, 3.63) is 0 Å². The summed E-state index contributed by atoms with van der Waals surface area (Å²) in [6.07, 6.45) is 1.01. The zero-order chi connectivity index (χ0) is 17.7. The van der Waals surface area contributed by atoms with Gasteiger partial charge < -0.3 is 10.6 Å². The van der Waals surface area contributed by atoms with E-state index >= 15 is 0 Å². The van der Waals surface area contributed by atoms with E-state index in [1.165, 1.54) is 0 Å². The van der Waals surface area contributed by atoms with E-state index in [2.05, 4.69) is 33.0 Å². The molecule has 6 nitrogen and oxygen atoms in total. The van der Waals surface area contributed by atoms with Gasteiger partial charge in [-0.2, -0.15) is 20.8 Å². The molecule has 6 heteroatoms. The van der Waals surface area contributed by atoms with Crippen LogP contribution < -0.4 is 10.6 Å². The van der Waals surface area contributed by atoms with Crippen LogP contribution in [0.5, 0.6) is 0 Å². The Bertz CT molecular complexity index is 438. The summed E-state index contributed by atoms with van der Waals surface area (Å²) >= 11 is 0. The van der Waals surface area contributed by atoms with Gasteiger partial charge in [-0.25, -0.2) is 0 Å². The van der Waals surface area contributed by atoms with Crippen molar-refractivity contribution in [2.45, 2.75) is 76.5 Å². The minimum atomic E-state index is -0.964. The molecule has 0 aromatic heterocycles. The molecule has 0 saturated carbocycles. The molecule has 0 rings (SSSR count). The number of hydrogen-bond donors (Lipinski definition) is 2. The van der Waals surface area contributed by atoms with E-state index in [4.69, 9.17) is 0 Å². The monoisotopic (exact) mass is 306 g/mol. The number of nitrogens with one attached hydrogen (secondary N) is 2. The molecule has 124 valence electrons. The summed E-state index contributed by atoms with van der Waals surface area (Å²) in [5, 5.41) is 33.7. The highest BCUT2D eigenvalue weighted by Crippen LogP contribution is 2.28. The van der Waals surface area contributed by atoms with Gasteiger partial charge in [0.25, 0.3) is 0 Å². The van der Waals surface area contributed by atoms with Crippen molar-refractivity contribution >= 4 is 0 Å². The highest BCUT2D eigenvalue weighted by Gasteiger charge is 2.36. The van der Waals surface area contributed by atoms with Gasteiger partial charge in [-0.1, -0.05) is 0 Å². The second-order valence-corrected chi connectivity index (χ2v) is 7.59. The zero-order valence-corrected chi connectivity index (χ0v) is 15.2. The third-order valence-corrected chi connectivity index (χ3v) is 3.90. The molecule has 0 fully saturated rings. The second kappa shape index (κ2) is 7.17. The summed E-state index contributed by atoms with van der Waals surface area (Å²) in [5.74, 6) is 0. The van der Waals surface area contributed by atoms with E-state index in [9.17, 15) is 10.5 Å². The minimum absolute atomic E-state index is 0.239. The number of nitrogens with zero attached hydrogens (tertiary/aromatic N) is 4. The lowest BCUT2D eigenvalue weighted by molar-refractivity contribution is 0.299. The molecule has 2 atom stereocenters. The Morgan fingerprint density at radius 2 is 1.00 bits per heavy atom. The summed E-state index contributed by atoms with van der Waals surface area (Å²) in [6.45, 7) is 11.5. The Balaban J connectivity index is 5.33. The molecule has 0 bridgehead atoms. The van der Waals surface area contributed by atoms with Crippen molar-refractivity contribution in [2.24, 2.45) is 10.2 Å². The predicted molar refractivity (Wildman–Crippen MR) is 88.4 cm³/mol. The van der Waals surface area contributed by atoms with Crippen LogP contribution in [0.15, 0.2) is 10.2 Å². The summed E-state index contributed by atoms with van der Waals surface area (Å²) < 4.78 is 0. The Morgan fingerprint density at radius 3 is 1.18 bits per heavy atom. The van der Waals surface area contributed by atoms with Crippen LogP contribution >= 0.6 is 0 Å². The summed E-state index contributed by atoms with van der Waals surface area (Å²) in [7, 11) is 3.70. The molecule has 0 aromatic carbocycles. The second-order valence-electron chi connectivity index (χ2n) is 7.59. The molecule has 2 unspecified atom stereocenters. The standard InChI is InChI=1S/C16H30N6/c1-13(2,19-7)9-15(5,11-17)21-22-16(6,12-18)10-14(3,4)20-8/h19-20H,9-10H2,1-8H3. The van der Waals surface area contributed by atoms with E-state index < -0.39 is 11.1 Å². The van der Waals surface area contributed by atoms with Crippen LogP contribution in [0.3, 0.4) is 0 Å². The smallest absolute Gasteiger partial charge is 0.166 e. The van der Waals surface area contributed by atoms with E-state index in [1.807, 2.05) is 41.8 Å². The topological polar surface area (TPSA) is 96.4 Å². The van der Waals surface area contributed by atoms with Gasteiger partial charge in [0.05, 0.1) is 12.1 Å². The van der Waals surface area contributed by atoms with Crippen LogP contribution in [0, 0.1) is 22.7 Å². The lowest BCUT2D eigenvalue weighted by Crippen LogP contribution is -2.44. The van der Waals surface area contributed by atoms with Crippen molar-refractivity contribution in [3.8, 4) is 12.1 Å². The largest absolute Gasteiger partial charge is 0.315 e. The molecule has 0 heterocycles. The molecule has 0 amide bonds. The Morgan fingerprint density at radius 1 is 0.727 bits per heavy atom. The van der Waals surface area contributed by atoms with Crippen molar-refractivity contribution in [2.75, 3.05) is 14.1 Å². The Labute approximate surface area is 135 Å². The highest BCUT2D eigenvalue weighted by molar-refractivity contribution is 5.11. The lowest BCUT2D eigenvalue weighted by Gasteiger charge is -2.32. The fourth-order valence-corrected chi connectivity index (χ4v) is 2.31. The Hall–Kier alpha value is -1.50. The first-order chi connectivity index (χ1) is 9.86. The fourth-order valence-electron chi connectivity index (χ4n) is 2.31. The normalized spacial score (nSPS) is 18.3. The van der Waals surface area contributed by atoms with E-state index in [1.54, 1.807) is 13.8 Å². The molecular formula is C16H30N6. The summed E-state index contributed by atoms with van der Waals surface area (Å²) in [5.41, 5.74) is -2.41. The Kier molecular flexibility index (Phi) is 6.69. The molecule has 0 aliphatic carbocycles. The summed E-state index contributed by atoms with van der Waals surface area (Å²) in [6, 6.07) is 4.43. The predicted octanol–water partition coefficient (Wildman–Crippen LogP) is 2.78. The maximum absolute atomic E-state index is 9.47. The molecule has 0 radical (unpaired) electrons. The average molecular weight is 306 g/mol. The van der Waals surface area contributed by atoms with E-state index in [-0.39, 0.29) is 11.1 Å². The number of azo groups is 1. The van der Waals surface area contributed by atoms with E-state index in [0.29, 0.717) is 12.8 Å². The van der Waals surface area contributed by atoms with Gasteiger partial charge >= 0.3 is 0 Å². The average Bonchev–Trinajstić information content (AvgIpc) is 2.44. The first-order valence-corrected chi connectivity index (χ1v) is 7.51. The molecule has 0 saturated heterocycles. The molecule has 0 aliphatic heterocycles. The van der Waals surface area contributed by atoms with Crippen LogP contribution in [0.25, 0.3) is 0 Å². The van der Waals surface area contributed by atoms with Crippen LogP contribution in [-0.4, -0.2) is 36.3 Å². The molecule has 0 aliphatic rings. The van der Waals surface area contributed by atoms with Gasteiger partial charge in [0.2, 0.25) is 0 Å². The van der Waals surface area contributed by atoms with Crippen molar-refractivity contribution in [3.63, 3.8) is 0 Å². The minimum Gasteiger partial charge on any atom is -0.315 e. The van der Waals surface area contributed by atoms with Gasteiger partial charge in [-0.3, -0.25) is 0 Å². The molecule has 22 heavy (non-hydrogen) atoms. The maximum Gasteiger partial charge on any atom is 0.166 e. The maximum atomic E-state index is 9.47. The van der Waals surface area contributed by atoms with E-state index in [0.717, 1.165) is 0 Å². The van der Waals surface area contributed by atoms with Crippen molar-refractivity contribution in [1.82, 2.24) is 10.6 Å². The lowest BCUT2D eigenvalue weighted by atomic mass is 9.86. The van der Waals surface area contributed by atoms with Crippen LogP contribution in [0.4, 0.5) is 0 Å². The van der Waals surface area contributed by atoms with Crippen LogP contribution in [0.2, 0.25) is 0 Å². The van der Waals surface area contributed by atoms with Crippen LogP contribution in [0.1, 0.15) is 54.4 Å². The molecular weight excluding hydrogens is 276 g/mol. The van der Waals surface area contributed by atoms with Crippen molar-refractivity contribution < 1.29 is 0 Å². The van der Waals surface area contributed by atoms with Gasteiger partial charge in [0, 0.05) is 23.9 Å². The van der Waals surface area contributed by atoms with Crippen molar-refractivity contribution in [1.29, 1.82) is 10.5 Å². The quantitative estimate of drug-likeness (QED) is 0.674. The number of rotatable bonds is 8. The third-order valence-electron chi connectivity index (χ3n) is 3.90. The number of nitriles is 2. The first kappa shape index (κ1) is 20.5. The SMILES string of the molecule is CNC(C)(C)CC(C)(C#N)N=NC(C)(C#N)CC(C)(C)NC. The van der Waals surface area contributed by atoms with Gasteiger partial charge in [0.15, 0.2) is 11.1 Å². The van der Waals surface area contributed by atoms with Gasteiger partial charge in [-0.15, -0.1) is 0 Å².